The molecule has 7 heterocycles. The van der Waals surface area contributed by atoms with Crippen molar-refractivity contribution >= 4 is 57.1 Å². The lowest BCUT2D eigenvalue weighted by Gasteiger charge is -2.16. The monoisotopic (exact) mass is 1040 g/mol. The summed E-state index contributed by atoms with van der Waals surface area (Å²) in [5, 5.41) is 19.3. The van der Waals surface area contributed by atoms with Gasteiger partial charge in [-0.15, -0.1) is 0 Å². The standard InChI is InChI=1S/C26H22F2N6O5.C25H20N6O6/c1-26(27,28)39-20-6-4-3-5-16(20)14-30-24(36)19-12-17(32-22-9-10-31-34(19)22)23(35)29-13-15-7-8-21-18(11-15)33(2)25(37)38-21;1-30-17-8-14(2-4-19(17)37-25(30)34)11-26-23(32)16-10-18(31-22(29-16)6-7-28-31)24(33)27-12-15-3-5-20-21(9-15)36-13-35-20/h3-12H,13-14H2,1-2H3,(H,29,35)(H,30,36);2-10H,11-13H2,1H3,(H,26,32)(H,27,33). The molecule has 6 aromatic heterocycles. The van der Waals surface area contributed by atoms with Crippen molar-refractivity contribution in [2.24, 2.45) is 14.1 Å². The molecule has 4 amide bonds. The maximum Gasteiger partial charge on any atom is 0.419 e. The van der Waals surface area contributed by atoms with Gasteiger partial charge in [-0.25, -0.2) is 28.6 Å². The molecule has 0 spiro atoms. The maximum atomic E-state index is 13.4. The van der Waals surface area contributed by atoms with E-state index in [0.717, 1.165) is 11.1 Å². The van der Waals surface area contributed by atoms with E-state index in [-0.39, 0.29) is 67.1 Å². The Kier molecular flexibility index (Phi) is 13.2. The zero-order valence-corrected chi connectivity index (χ0v) is 40.3. The summed E-state index contributed by atoms with van der Waals surface area (Å²) in [7, 11) is 3.19. The van der Waals surface area contributed by atoms with Crippen LogP contribution in [0.15, 0.2) is 134 Å². The fraction of sp³-hybridized carbons (Fsp3) is 0.176. The topological polar surface area (TPSA) is 275 Å². The highest BCUT2D eigenvalue weighted by molar-refractivity contribution is 5.99. The van der Waals surface area contributed by atoms with E-state index in [0.29, 0.717) is 57.4 Å². The van der Waals surface area contributed by atoms with Crippen LogP contribution in [0.25, 0.3) is 33.5 Å². The third-order valence-electron chi connectivity index (χ3n) is 11.9. The van der Waals surface area contributed by atoms with Crippen LogP contribution in [0, 0.1) is 0 Å². The molecule has 0 saturated heterocycles. The number of aromatic nitrogens is 8. The third-order valence-corrected chi connectivity index (χ3v) is 11.9. The van der Waals surface area contributed by atoms with Crippen molar-refractivity contribution in [1.29, 1.82) is 0 Å². The van der Waals surface area contributed by atoms with Crippen LogP contribution >= 0.6 is 0 Å². The number of carbonyl (C=O) groups is 4. The van der Waals surface area contributed by atoms with Crippen LogP contribution in [-0.2, 0) is 40.3 Å². The number of amides is 4. The van der Waals surface area contributed by atoms with E-state index >= 15 is 0 Å². The smallest absolute Gasteiger partial charge is 0.419 e. The Morgan fingerprint density at radius 3 is 1.61 bits per heavy atom. The van der Waals surface area contributed by atoms with E-state index in [4.69, 9.17) is 18.3 Å². The van der Waals surface area contributed by atoms with Gasteiger partial charge in [-0.05, 0) is 59.2 Å². The minimum Gasteiger partial charge on any atom is -0.454 e. The summed E-state index contributed by atoms with van der Waals surface area (Å²) in [6, 6.07) is 27.6. The molecular weight excluding hydrogens is 995 g/mol. The van der Waals surface area contributed by atoms with Gasteiger partial charge in [-0.3, -0.25) is 28.3 Å². The lowest BCUT2D eigenvalue weighted by molar-refractivity contribution is -0.159. The van der Waals surface area contributed by atoms with Crippen molar-refractivity contribution in [2.45, 2.75) is 39.2 Å². The number of alkyl halides is 2. The molecule has 0 unspecified atom stereocenters. The van der Waals surface area contributed by atoms with E-state index in [1.54, 1.807) is 86.9 Å². The Balaban J connectivity index is 0.000000173. The second-order valence-corrected chi connectivity index (χ2v) is 17.1. The largest absolute Gasteiger partial charge is 0.454 e. The highest BCUT2D eigenvalue weighted by atomic mass is 19.3. The van der Waals surface area contributed by atoms with Crippen molar-refractivity contribution in [3.8, 4) is 17.2 Å². The van der Waals surface area contributed by atoms with Crippen molar-refractivity contribution < 1.29 is 51.0 Å². The van der Waals surface area contributed by atoms with Crippen molar-refractivity contribution in [2.75, 3.05) is 6.79 Å². The second-order valence-electron chi connectivity index (χ2n) is 17.1. The molecule has 11 rings (SSSR count). The summed E-state index contributed by atoms with van der Waals surface area (Å²) in [6.07, 6.45) is -0.462. The second kappa shape index (κ2) is 20.4. The van der Waals surface area contributed by atoms with Crippen LogP contribution in [0.2, 0.25) is 0 Å². The van der Waals surface area contributed by atoms with Gasteiger partial charge in [0, 0.05) is 77.0 Å². The highest BCUT2D eigenvalue weighted by Gasteiger charge is 2.25. The number of para-hydroxylation sites is 1. The number of nitrogens with one attached hydrogen (secondary N) is 4. The molecule has 1 aliphatic heterocycles. The number of aryl methyl sites for hydroxylation is 2. The van der Waals surface area contributed by atoms with Gasteiger partial charge in [0.1, 0.15) is 28.5 Å². The number of fused-ring (bicyclic) bond motifs is 5. The number of nitrogens with zero attached hydrogens (tertiary/aromatic N) is 8. The number of benzene rings is 4. The molecule has 10 aromatic rings. The minimum absolute atomic E-state index is 0.0178. The molecule has 1 aliphatic rings. The average Bonchev–Trinajstić information content (AvgIpc) is 4.28. The average molecular weight is 1040 g/mol. The molecule has 23 nitrogen and oxygen atoms in total. The SMILES string of the molecule is Cn1c(=O)oc2ccc(CNC(=O)c3cc(C(=O)NCc4ccc5c(c4)OCO5)n4nccc4n3)cc21.Cn1c(=O)oc2ccc(CNC(=O)c3cc(C(=O)NCc4ccccc4OC(C)(F)F)n4nccc4n3)cc21. The summed E-state index contributed by atoms with van der Waals surface area (Å²) in [5.74, 6) is -1.78. The third kappa shape index (κ3) is 10.5. The predicted molar refractivity (Wildman–Crippen MR) is 264 cm³/mol. The number of carbonyl (C=O) groups excluding carboxylic acids is 4. The van der Waals surface area contributed by atoms with Crippen molar-refractivity contribution in [1.82, 2.24) is 59.6 Å². The molecule has 25 heteroatoms. The normalized spacial score (nSPS) is 11.9. The number of rotatable bonds is 14. The first-order valence-electron chi connectivity index (χ1n) is 23.1. The van der Waals surface area contributed by atoms with E-state index in [1.807, 2.05) is 6.07 Å². The lowest BCUT2D eigenvalue weighted by Crippen LogP contribution is -2.29. The summed E-state index contributed by atoms with van der Waals surface area (Å²) in [5.41, 5.74) is 5.58. The molecule has 0 atom stereocenters. The van der Waals surface area contributed by atoms with Crippen LogP contribution in [-0.4, -0.2) is 74.9 Å². The predicted octanol–water partition coefficient (Wildman–Crippen LogP) is 4.79. The minimum atomic E-state index is -3.39. The molecular formula is C51H42F2N12O11. The lowest BCUT2D eigenvalue weighted by atomic mass is 10.2. The van der Waals surface area contributed by atoms with E-state index in [9.17, 15) is 37.5 Å². The van der Waals surface area contributed by atoms with E-state index in [2.05, 4.69) is 46.2 Å². The van der Waals surface area contributed by atoms with Gasteiger partial charge < -0.3 is 44.3 Å². The Hall–Kier alpha value is -10.2. The number of oxazole rings is 2. The quantitative estimate of drug-likeness (QED) is 0.114. The maximum absolute atomic E-state index is 13.4. The Bertz CT molecular complexity index is 4040. The van der Waals surface area contributed by atoms with E-state index < -0.39 is 41.2 Å². The molecule has 0 fully saturated rings. The first kappa shape index (κ1) is 49.4. The first-order valence-corrected chi connectivity index (χ1v) is 23.1. The molecule has 0 saturated carbocycles. The Labute approximate surface area is 425 Å². The number of hydrogen-bond acceptors (Lipinski definition) is 15. The summed E-state index contributed by atoms with van der Waals surface area (Å²) >= 11 is 0. The Morgan fingerprint density at radius 1 is 0.592 bits per heavy atom. The molecule has 386 valence electrons. The number of ether oxygens (including phenoxy) is 3. The van der Waals surface area contributed by atoms with Crippen LogP contribution in [0.5, 0.6) is 17.2 Å². The van der Waals surface area contributed by atoms with Crippen LogP contribution in [0.1, 0.15) is 71.1 Å². The number of hydrogen-bond donors (Lipinski definition) is 4. The van der Waals surface area contributed by atoms with Crippen molar-refractivity contribution in [3.05, 3.63) is 182 Å². The molecule has 0 bridgehead atoms. The fourth-order valence-corrected chi connectivity index (χ4v) is 8.02. The summed E-state index contributed by atoms with van der Waals surface area (Å²) < 4.78 is 57.8. The zero-order chi connectivity index (χ0) is 53.3. The fourth-order valence-electron chi connectivity index (χ4n) is 8.02. The van der Waals surface area contributed by atoms with Crippen LogP contribution in [0.4, 0.5) is 8.78 Å². The summed E-state index contributed by atoms with van der Waals surface area (Å²) in [4.78, 5) is 84.1. The van der Waals surface area contributed by atoms with Gasteiger partial charge in [0.25, 0.3) is 23.6 Å². The first-order chi connectivity index (χ1) is 36.5. The molecule has 76 heavy (non-hydrogen) atoms. The summed E-state index contributed by atoms with van der Waals surface area (Å²) in [6.45, 7) is 1.23. The van der Waals surface area contributed by atoms with Crippen LogP contribution < -0.4 is 47.0 Å². The van der Waals surface area contributed by atoms with Crippen LogP contribution in [0.3, 0.4) is 0 Å². The Morgan fingerprint density at radius 2 is 1.07 bits per heavy atom. The van der Waals surface area contributed by atoms with Gasteiger partial charge in [-0.1, -0.05) is 36.4 Å². The molecule has 0 aliphatic carbocycles. The zero-order valence-electron chi connectivity index (χ0n) is 40.3. The highest BCUT2D eigenvalue weighted by Crippen LogP contribution is 2.32. The van der Waals surface area contributed by atoms with Gasteiger partial charge in [0.15, 0.2) is 34.0 Å². The van der Waals surface area contributed by atoms with E-state index in [1.165, 1.54) is 54.8 Å². The molecule has 4 aromatic carbocycles. The van der Waals surface area contributed by atoms with Gasteiger partial charge >= 0.3 is 17.6 Å². The van der Waals surface area contributed by atoms with Gasteiger partial charge in [0.05, 0.1) is 23.4 Å². The van der Waals surface area contributed by atoms with Gasteiger partial charge in [0.2, 0.25) is 6.79 Å². The van der Waals surface area contributed by atoms with Gasteiger partial charge in [-0.2, -0.15) is 19.0 Å². The van der Waals surface area contributed by atoms with Crippen molar-refractivity contribution in [3.63, 3.8) is 0 Å². The molecule has 0 radical (unpaired) electrons. The number of halogens is 2. The molecule has 4 N–H and O–H groups in total.